The number of ketones is 1. The molecule has 0 bridgehead atoms. The first-order valence-corrected chi connectivity index (χ1v) is 2.40. The largest absolute Gasteiger partial charge is 0.293 e. The summed E-state index contributed by atoms with van der Waals surface area (Å²) in [5, 5.41) is 0. The second-order valence-electron chi connectivity index (χ2n) is 0.697. The highest BCUT2D eigenvalue weighted by Gasteiger charge is 1.91. The van der Waals surface area contributed by atoms with Gasteiger partial charge in [0.25, 0.3) is 0 Å². The van der Waals surface area contributed by atoms with Crippen LogP contribution >= 0.6 is 28.1 Å². The maximum Gasteiger partial charge on any atom is 0.181 e. The van der Waals surface area contributed by atoms with Crippen molar-refractivity contribution in [2.45, 2.75) is 0 Å². The van der Waals surface area contributed by atoms with Crippen molar-refractivity contribution < 1.29 is 4.79 Å². The van der Waals surface area contributed by atoms with E-state index in [2.05, 4.69) is 35.1 Å². The van der Waals surface area contributed by atoms with Crippen LogP contribution in [0.1, 0.15) is 0 Å². The predicted octanol–water partition coefficient (Wildman–Crippen LogP) is 1.11. The molecular weight excluding hydrogens is 164 g/mol. The van der Waals surface area contributed by atoms with Crippen molar-refractivity contribution in [2.75, 3.05) is 0 Å². The molecule has 33 valence electrons. The van der Waals surface area contributed by atoms with Gasteiger partial charge in [-0.2, -0.15) is 0 Å². The number of thiocarbonyl (C=S) groups is 1. The number of carbonyl (C=O) groups is 1. The molecule has 0 saturated heterocycles. The summed E-state index contributed by atoms with van der Waals surface area (Å²) in [7, 11) is 0. The molecule has 0 spiro atoms. The summed E-state index contributed by atoms with van der Waals surface area (Å²) in [6, 6.07) is 0. The predicted molar refractivity (Wildman–Crippen MR) is 31.9 cm³/mol. The molecule has 0 amide bonds. The molecule has 0 aromatic rings. The molecule has 0 atom stereocenters. The molecule has 0 rings (SSSR count). The number of carbonyl (C=O) groups excluding carboxylic acids is 1. The maximum atomic E-state index is 9.84. The van der Waals surface area contributed by atoms with E-state index < -0.39 is 0 Å². The van der Waals surface area contributed by atoms with Crippen molar-refractivity contribution in [3.8, 4) is 0 Å². The van der Waals surface area contributed by atoms with Crippen molar-refractivity contribution in [1.29, 1.82) is 0 Å². The van der Waals surface area contributed by atoms with Gasteiger partial charge in [0.05, 0.1) is 0 Å². The van der Waals surface area contributed by atoms with E-state index in [4.69, 9.17) is 0 Å². The van der Waals surface area contributed by atoms with Crippen LogP contribution in [-0.2, 0) is 4.79 Å². The van der Waals surface area contributed by atoms with Gasteiger partial charge in [0.1, 0.15) is 3.77 Å². The van der Waals surface area contributed by atoms with E-state index in [1.807, 2.05) is 0 Å². The van der Waals surface area contributed by atoms with Crippen LogP contribution in [0.3, 0.4) is 0 Å². The van der Waals surface area contributed by atoms with Gasteiger partial charge in [0.15, 0.2) is 5.78 Å². The van der Waals surface area contributed by atoms with Crippen LogP contribution in [-0.4, -0.2) is 9.56 Å². The average Bonchev–Trinajstić information content (AvgIpc) is 1.36. The fraction of sp³-hybridized carbons (Fsp3) is 0. The lowest BCUT2D eigenvalue weighted by Gasteiger charge is -1.74. The molecule has 1 radical (unpaired) electrons. The number of hydrogen-bond donors (Lipinski definition) is 0. The maximum absolute atomic E-state index is 9.84. The second-order valence-corrected chi connectivity index (χ2v) is 2.42. The molecule has 0 heterocycles. The van der Waals surface area contributed by atoms with Crippen LogP contribution < -0.4 is 0 Å². The Balaban J connectivity index is 3.57. The number of rotatable bonds is 1. The molecule has 0 aromatic heterocycles. The highest BCUT2D eigenvalue weighted by molar-refractivity contribution is 9.20. The zero-order valence-electron chi connectivity index (χ0n) is 2.90. The Morgan fingerprint density at radius 2 is 2.00 bits per heavy atom. The number of halogens is 1. The summed E-state index contributed by atoms with van der Waals surface area (Å²) < 4.78 is 0.155. The summed E-state index contributed by atoms with van der Waals surface area (Å²) in [6.45, 7) is 3.01. The normalized spacial score (nSPS) is 7.67. The second kappa shape index (κ2) is 2.42. The number of hydrogen-bond acceptors (Lipinski definition) is 2. The summed E-state index contributed by atoms with van der Waals surface area (Å²) in [4.78, 5) is 9.84. The van der Waals surface area contributed by atoms with E-state index >= 15 is 0 Å². The SMILES string of the molecule is [CH2]C(=O)C(=S)Br. The lowest BCUT2D eigenvalue weighted by atomic mass is 10.5. The first-order valence-electron chi connectivity index (χ1n) is 1.20. The van der Waals surface area contributed by atoms with Crippen LogP contribution in [0.2, 0.25) is 0 Å². The van der Waals surface area contributed by atoms with Gasteiger partial charge >= 0.3 is 0 Å². The average molecular weight is 166 g/mol. The zero-order valence-corrected chi connectivity index (χ0v) is 5.30. The molecular formula is C3H2BrOS. The number of Topliss-reactive ketones (excluding diaryl/α,β-unsaturated/α-hetero) is 1. The molecule has 3 heteroatoms. The minimum absolute atomic E-state index is 0.155. The highest BCUT2D eigenvalue weighted by atomic mass is 79.9. The van der Waals surface area contributed by atoms with E-state index in [1.54, 1.807) is 0 Å². The molecule has 0 unspecified atom stereocenters. The monoisotopic (exact) mass is 165 g/mol. The summed E-state index contributed by atoms with van der Waals surface area (Å²) >= 11 is 7.08. The molecule has 0 fully saturated rings. The summed E-state index contributed by atoms with van der Waals surface area (Å²) in [5.74, 6) is -0.343. The lowest BCUT2D eigenvalue weighted by molar-refractivity contribution is -0.108. The Labute approximate surface area is 49.9 Å². The minimum Gasteiger partial charge on any atom is -0.293 e. The standard InChI is InChI=1S/C3H2BrOS/c1-2(5)3(4)6/h1H2. The molecule has 0 N–H and O–H groups in total. The third kappa shape index (κ3) is 2.48. The third-order valence-electron chi connectivity index (χ3n) is 0.219. The Kier molecular flexibility index (Phi) is 2.52. The van der Waals surface area contributed by atoms with E-state index in [-0.39, 0.29) is 9.56 Å². The first-order chi connectivity index (χ1) is 2.64. The molecule has 0 aliphatic heterocycles. The zero-order chi connectivity index (χ0) is 5.15. The Bertz CT molecular complexity index is 76.8. The smallest absolute Gasteiger partial charge is 0.181 e. The van der Waals surface area contributed by atoms with Crippen molar-refractivity contribution >= 4 is 37.7 Å². The van der Waals surface area contributed by atoms with E-state index in [0.29, 0.717) is 0 Å². The fourth-order valence-corrected chi connectivity index (χ4v) is 0. The van der Waals surface area contributed by atoms with Gasteiger partial charge in [0.2, 0.25) is 0 Å². The van der Waals surface area contributed by atoms with Gasteiger partial charge < -0.3 is 0 Å². The van der Waals surface area contributed by atoms with E-state index in [1.165, 1.54) is 0 Å². The van der Waals surface area contributed by atoms with Gasteiger partial charge in [-0.15, -0.1) is 0 Å². The van der Waals surface area contributed by atoms with Crippen LogP contribution in [0, 0.1) is 6.92 Å². The van der Waals surface area contributed by atoms with Gasteiger partial charge in [-0.1, -0.05) is 12.2 Å². The quantitative estimate of drug-likeness (QED) is 0.428. The van der Waals surface area contributed by atoms with Crippen LogP contribution in [0.5, 0.6) is 0 Å². The van der Waals surface area contributed by atoms with Crippen LogP contribution in [0.4, 0.5) is 0 Å². The van der Waals surface area contributed by atoms with Gasteiger partial charge in [-0.3, -0.25) is 4.79 Å². The first kappa shape index (κ1) is 6.24. The summed E-state index contributed by atoms with van der Waals surface area (Å²) in [5.41, 5.74) is 0. The molecule has 6 heavy (non-hydrogen) atoms. The third-order valence-corrected chi connectivity index (χ3v) is 0.889. The van der Waals surface area contributed by atoms with Crippen LogP contribution in [0.25, 0.3) is 0 Å². The minimum atomic E-state index is -0.343. The van der Waals surface area contributed by atoms with Gasteiger partial charge in [-0.05, 0) is 15.9 Å². The summed E-state index contributed by atoms with van der Waals surface area (Å²) in [6.07, 6.45) is 0. The van der Waals surface area contributed by atoms with Crippen molar-refractivity contribution in [3.63, 3.8) is 0 Å². The van der Waals surface area contributed by atoms with E-state index in [0.717, 1.165) is 0 Å². The van der Waals surface area contributed by atoms with Crippen LogP contribution in [0.15, 0.2) is 0 Å². The molecule has 0 aliphatic rings. The fourth-order valence-electron chi connectivity index (χ4n) is 0. The van der Waals surface area contributed by atoms with Crippen molar-refractivity contribution in [2.24, 2.45) is 0 Å². The lowest BCUT2D eigenvalue weighted by Crippen LogP contribution is -1.94. The van der Waals surface area contributed by atoms with E-state index in [9.17, 15) is 4.79 Å². The Morgan fingerprint density at radius 1 is 1.83 bits per heavy atom. The van der Waals surface area contributed by atoms with Gasteiger partial charge in [-0.25, -0.2) is 0 Å². The molecule has 0 aromatic carbocycles. The van der Waals surface area contributed by atoms with Crippen molar-refractivity contribution in [3.05, 3.63) is 6.92 Å². The van der Waals surface area contributed by atoms with Crippen molar-refractivity contribution in [1.82, 2.24) is 0 Å². The van der Waals surface area contributed by atoms with Gasteiger partial charge in [0, 0.05) is 6.92 Å². The Hall–Kier alpha value is 0.240. The molecule has 0 aliphatic carbocycles. The highest BCUT2D eigenvalue weighted by Crippen LogP contribution is 1.87. The topological polar surface area (TPSA) is 17.1 Å². The molecule has 1 nitrogen and oxygen atoms in total. The Morgan fingerprint density at radius 3 is 2.00 bits per heavy atom. The molecule has 0 saturated carbocycles.